The van der Waals surface area contributed by atoms with E-state index in [0.29, 0.717) is 49.5 Å². The average molecular weight is 612 g/mol. The number of carbonyl (C=O) groups is 2. The number of unbranched alkanes of at least 4 members (excludes halogenated alkanes) is 2. The van der Waals surface area contributed by atoms with Crippen LogP contribution in [0.4, 0.5) is 0 Å². The second-order valence-corrected chi connectivity index (χ2v) is 12.1. The summed E-state index contributed by atoms with van der Waals surface area (Å²) in [5.74, 6) is -0.230. The maximum absolute atomic E-state index is 13.9. The van der Waals surface area contributed by atoms with Gasteiger partial charge in [-0.25, -0.2) is 0 Å². The Balaban J connectivity index is 1.62. The SMILES string of the molecule is CCCCN(CCCCN(C)C)C(=O)CN1C[C@H](c2cc(CO)c3c(c2)OCO3)[C@@H](C(=O)O)[C@@H]1CCc1ccccc1OC. The van der Waals surface area contributed by atoms with E-state index in [-0.39, 0.29) is 31.9 Å². The van der Waals surface area contributed by atoms with Crippen molar-refractivity contribution in [1.82, 2.24) is 14.7 Å². The highest BCUT2D eigenvalue weighted by Gasteiger charge is 2.47. The van der Waals surface area contributed by atoms with Crippen LogP contribution in [0.5, 0.6) is 17.2 Å². The number of carboxylic acid groups (broad SMARTS) is 1. The second-order valence-electron chi connectivity index (χ2n) is 12.1. The molecular formula is C34H49N3O7. The maximum atomic E-state index is 13.9. The number of fused-ring (bicyclic) bond motifs is 1. The summed E-state index contributed by atoms with van der Waals surface area (Å²) in [6, 6.07) is 11.1. The fourth-order valence-electron chi connectivity index (χ4n) is 6.56. The van der Waals surface area contributed by atoms with Crippen LogP contribution < -0.4 is 14.2 Å². The first-order valence-corrected chi connectivity index (χ1v) is 15.8. The number of carboxylic acids is 1. The molecule has 44 heavy (non-hydrogen) atoms. The van der Waals surface area contributed by atoms with Crippen molar-refractivity contribution in [3.63, 3.8) is 0 Å². The van der Waals surface area contributed by atoms with Crippen LogP contribution >= 0.6 is 0 Å². The number of methoxy groups -OCH3 is 1. The van der Waals surface area contributed by atoms with Crippen molar-refractivity contribution < 1.29 is 34.0 Å². The highest BCUT2D eigenvalue weighted by Crippen LogP contribution is 2.45. The second kappa shape index (κ2) is 16.1. The third-order valence-corrected chi connectivity index (χ3v) is 8.86. The van der Waals surface area contributed by atoms with Crippen molar-refractivity contribution in [2.45, 2.75) is 64.0 Å². The lowest BCUT2D eigenvalue weighted by atomic mass is 9.82. The van der Waals surface area contributed by atoms with Crippen LogP contribution in [0.25, 0.3) is 0 Å². The Morgan fingerprint density at radius 3 is 2.50 bits per heavy atom. The van der Waals surface area contributed by atoms with Crippen LogP contribution in [0.3, 0.4) is 0 Å². The molecule has 1 saturated heterocycles. The van der Waals surface area contributed by atoms with Crippen LogP contribution in [0.15, 0.2) is 36.4 Å². The molecule has 2 aliphatic heterocycles. The third kappa shape index (κ3) is 8.22. The zero-order chi connectivity index (χ0) is 31.6. The fraction of sp³-hybridized carbons (Fsp3) is 0.588. The van der Waals surface area contributed by atoms with Gasteiger partial charge in [-0.1, -0.05) is 31.5 Å². The van der Waals surface area contributed by atoms with Gasteiger partial charge in [-0.2, -0.15) is 0 Å². The molecule has 1 amide bonds. The first-order chi connectivity index (χ1) is 21.3. The highest BCUT2D eigenvalue weighted by atomic mass is 16.7. The molecule has 2 aromatic carbocycles. The van der Waals surface area contributed by atoms with Gasteiger partial charge in [0.25, 0.3) is 0 Å². The Labute approximate surface area is 261 Å². The molecule has 0 unspecified atom stereocenters. The molecule has 2 N–H and O–H groups in total. The number of para-hydroxylation sites is 1. The number of hydrogen-bond donors (Lipinski definition) is 2. The number of hydrogen-bond acceptors (Lipinski definition) is 8. The zero-order valence-electron chi connectivity index (χ0n) is 26.7. The van der Waals surface area contributed by atoms with E-state index >= 15 is 0 Å². The largest absolute Gasteiger partial charge is 0.496 e. The number of benzene rings is 2. The van der Waals surface area contributed by atoms with E-state index in [4.69, 9.17) is 14.2 Å². The molecule has 0 saturated carbocycles. The zero-order valence-corrected chi connectivity index (χ0v) is 26.7. The van der Waals surface area contributed by atoms with Crippen molar-refractivity contribution in [2.75, 3.05) is 60.7 Å². The van der Waals surface area contributed by atoms with Crippen LogP contribution in [-0.2, 0) is 22.6 Å². The molecule has 4 rings (SSSR count). The van der Waals surface area contributed by atoms with Crippen LogP contribution in [0.2, 0.25) is 0 Å². The molecule has 242 valence electrons. The van der Waals surface area contributed by atoms with Gasteiger partial charge in [0.15, 0.2) is 11.5 Å². The van der Waals surface area contributed by atoms with E-state index in [0.717, 1.165) is 49.1 Å². The first-order valence-electron chi connectivity index (χ1n) is 15.8. The summed E-state index contributed by atoms with van der Waals surface area (Å²) in [7, 11) is 5.74. The predicted molar refractivity (Wildman–Crippen MR) is 168 cm³/mol. The highest BCUT2D eigenvalue weighted by molar-refractivity contribution is 5.79. The Kier molecular flexibility index (Phi) is 12.3. The summed E-state index contributed by atoms with van der Waals surface area (Å²) >= 11 is 0. The summed E-state index contributed by atoms with van der Waals surface area (Å²) in [5.41, 5.74) is 2.35. The predicted octanol–water partition coefficient (Wildman–Crippen LogP) is 3.99. The number of rotatable bonds is 17. The van der Waals surface area contributed by atoms with E-state index in [1.807, 2.05) is 41.3 Å². The molecule has 0 aliphatic carbocycles. The van der Waals surface area contributed by atoms with E-state index < -0.39 is 17.8 Å². The van der Waals surface area contributed by atoms with Gasteiger partial charge in [-0.3, -0.25) is 14.5 Å². The lowest BCUT2D eigenvalue weighted by Gasteiger charge is -2.30. The standard InChI is InChI=1S/C34H49N3O7/c1-5-6-16-36(17-10-9-15-35(2)3)31(39)21-37-20-27(25-18-26(22-38)33-30(19-25)43-23-44-33)32(34(40)41)28(37)14-13-24-11-7-8-12-29(24)42-4/h7-8,11-12,18-19,27-28,32,38H,5-6,9-10,13-17,20-23H2,1-4H3,(H,40,41)/t27-,28+,32-/m1/s1. The lowest BCUT2D eigenvalue weighted by molar-refractivity contribution is -0.143. The number of nitrogens with zero attached hydrogens (tertiary/aromatic N) is 3. The summed E-state index contributed by atoms with van der Waals surface area (Å²) in [4.78, 5) is 33.0. The minimum atomic E-state index is -0.898. The Bertz CT molecular complexity index is 1250. The topological polar surface area (TPSA) is 112 Å². The molecule has 2 aliphatic rings. The molecule has 2 heterocycles. The van der Waals surface area contributed by atoms with E-state index in [1.165, 1.54) is 0 Å². The van der Waals surface area contributed by atoms with E-state index in [1.54, 1.807) is 7.11 Å². The number of ether oxygens (including phenoxy) is 3. The molecule has 1 fully saturated rings. The quantitative estimate of drug-likeness (QED) is 0.257. The number of aryl methyl sites for hydroxylation is 1. The molecule has 0 bridgehead atoms. The molecule has 0 aromatic heterocycles. The number of likely N-dealkylation sites (tertiary alicyclic amines) is 1. The van der Waals surface area contributed by atoms with Gasteiger partial charge in [-0.05, 0) is 82.1 Å². The van der Waals surface area contributed by atoms with Crippen molar-refractivity contribution in [3.05, 3.63) is 53.1 Å². The summed E-state index contributed by atoms with van der Waals surface area (Å²) in [6.07, 6.45) is 5.02. The maximum Gasteiger partial charge on any atom is 0.308 e. The lowest BCUT2D eigenvalue weighted by Crippen LogP contribution is -2.45. The molecular weight excluding hydrogens is 562 g/mol. The van der Waals surface area contributed by atoms with Gasteiger partial charge in [-0.15, -0.1) is 0 Å². The van der Waals surface area contributed by atoms with Gasteiger partial charge in [0.2, 0.25) is 12.7 Å². The van der Waals surface area contributed by atoms with E-state index in [2.05, 4.69) is 30.8 Å². The average Bonchev–Trinajstić information content (AvgIpc) is 3.63. The van der Waals surface area contributed by atoms with Crippen molar-refractivity contribution >= 4 is 11.9 Å². The minimum Gasteiger partial charge on any atom is -0.496 e. The van der Waals surface area contributed by atoms with E-state index in [9.17, 15) is 19.8 Å². The van der Waals surface area contributed by atoms with Crippen molar-refractivity contribution in [1.29, 1.82) is 0 Å². The summed E-state index contributed by atoms with van der Waals surface area (Å²) < 4.78 is 16.8. The van der Waals surface area contributed by atoms with Crippen molar-refractivity contribution in [2.24, 2.45) is 5.92 Å². The molecule has 0 spiro atoms. The van der Waals surface area contributed by atoms with Crippen LogP contribution in [-0.4, -0.2) is 104 Å². The molecule has 10 nitrogen and oxygen atoms in total. The monoisotopic (exact) mass is 611 g/mol. The molecule has 10 heteroatoms. The third-order valence-electron chi connectivity index (χ3n) is 8.86. The van der Waals surface area contributed by atoms with Gasteiger partial charge >= 0.3 is 5.97 Å². The Hall–Kier alpha value is -3.34. The number of carbonyl (C=O) groups excluding carboxylic acids is 1. The number of aliphatic hydroxyl groups excluding tert-OH is 1. The van der Waals surface area contributed by atoms with Gasteiger partial charge in [0, 0.05) is 37.2 Å². The molecule has 2 aromatic rings. The van der Waals surface area contributed by atoms with Crippen LogP contribution in [0, 0.1) is 5.92 Å². The summed E-state index contributed by atoms with van der Waals surface area (Å²) in [6.45, 7) is 4.87. The van der Waals surface area contributed by atoms with Gasteiger partial charge in [0.05, 0.1) is 26.2 Å². The Morgan fingerprint density at radius 2 is 1.80 bits per heavy atom. The molecule has 0 radical (unpaired) electrons. The van der Waals surface area contributed by atoms with Gasteiger partial charge < -0.3 is 34.2 Å². The Morgan fingerprint density at radius 1 is 1.05 bits per heavy atom. The fourth-order valence-corrected chi connectivity index (χ4v) is 6.56. The molecule has 3 atom stereocenters. The normalized spacial score (nSPS) is 19.5. The number of amides is 1. The van der Waals surface area contributed by atoms with Gasteiger partial charge in [0.1, 0.15) is 5.75 Å². The minimum absolute atomic E-state index is 0.0390. The first kappa shape index (κ1) is 33.6. The smallest absolute Gasteiger partial charge is 0.308 e. The number of aliphatic hydroxyl groups is 1. The number of aliphatic carboxylic acids is 1. The van der Waals surface area contributed by atoms with Crippen molar-refractivity contribution in [3.8, 4) is 17.2 Å². The van der Waals surface area contributed by atoms with Crippen LogP contribution in [0.1, 0.15) is 61.6 Å². The summed E-state index contributed by atoms with van der Waals surface area (Å²) in [5, 5.41) is 20.7.